The molecule has 0 aromatic carbocycles. The molecule has 1 aromatic heterocycles. The van der Waals surface area contributed by atoms with Gasteiger partial charge in [-0.3, -0.25) is 5.10 Å². The Labute approximate surface area is 57.9 Å². The van der Waals surface area contributed by atoms with Crippen LogP contribution in [0.25, 0.3) is 0 Å². The third-order valence-electron chi connectivity index (χ3n) is 0.854. The summed E-state index contributed by atoms with van der Waals surface area (Å²) in [5, 5.41) is 22.9. The van der Waals surface area contributed by atoms with Crippen LogP contribution in [0.3, 0.4) is 0 Å². The fourth-order valence-corrected chi connectivity index (χ4v) is 0.423. The predicted molar refractivity (Wildman–Crippen MR) is 33.4 cm³/mol. The predicted octanol–water partition coefficient (Wildman–Crippen LogP) is 0.0294. The van der Waals surface area contributed by atoms with Crippen LogP contribution in [-0.4, -0.2) is 20.4 Å². The van der Waals surface area contributed by atoms with Crippen molar-refractivity contribution in [1.82, 2.24) is 10.2 Å². The van der Waals surface area contributed by atoms with E-state index in [1.54, 1.807) is 0 Å². The zero-order valence-corrected chi connectivity index (χ0v) is 5.35. The van der Waals surface area contributed by atoms with Gasteiger partial charge in [0.25, 0.3) is 0 Å². The molecule has 1 heterocycles. The molecule has 4 nitrogen and oxygen atoms in total. The first-order valence-corrected chi connectivity index (χ1v) is 2.16. The van der Waals surface area contributed by atoms with Gasteiger partial charge in [-0.05, 0) is 0 Å². The summed E-state index contributed by atoms with van der Waals surface area (Å²) in [5.74, 6) is 0.00694. The average molecular weight is 151 g/mol. The summed E-state index contributed by atoms with van der Waals surface area (Å²) >= 11 is 0. The van der Waals surface area contributed by atoms with Crippen molar-refractivity contribution < 1.29 is 10.2 Å². The fraction of sp³-hybridized carbons (Fsp3) is 0.250. The Balaban J connectivity index is 0.000000640. The summed E-state index contributed by atoms with van der Waals surface area (Å²) < 4.78 is 0. The molecule has 0 unspecified atom stereocenters. The number of halogens is 1. The van der Waals surface area contributed by atoms with Crippen molar-refractivity contribution in [2.45, 2.75) is 6.61 Å². The van der Waals surface area contributed by atoms with Gasteiger partial charge >= 0.3 is 0 Å². The first-order valence-electron chi connectivity index (χ1n) is 2.16. The first kappa shape index (κ1) is 8.26. The number of aliphatic hydroxyl groups is 1. The van der Waals surface area contributed by atoms with Crippen molar-refractivity contribution in [3.8, 4) is 5.75 Å². The van der Waals surface area contributed by atoms with E-state index >= 15 is 0 Å². The molecule has 1 rings (SSSR count). The standard InChI is InChI=1S/C4H6N2O2.ClH/c7-2-3-4(8)1-5-6-3;/h1,7-8H,2H2,(H,5,6);1H. The van der Waals surface area contributed by atoms with Crippen LogP contribution in [-0.2, 0) is 6.61 Å². The molecular weight excluding hydrogens is 144 g/mol. The van der Waals surface area contributed by atoms with E-state index in [4.69, 9.17) is 10.2 Å². The van der Waals surface area contributed by atoms with Crippen LogP contribution in [0.2, 0.25) is 0 Å². The third kappa shape index (κ3) is 1.58. The molecule has 1 aromatic rings. The van der Waals surface area contributed by atoms with Gasteiger partial charge < -0.3 is 10.2 Å². The van der Waals surface area contributed by atoms with Crippen molar-refractivity contribution in [2.75, 3.05) is 0 Å². The molecule has 0 radical (unpaired) electrons. The van der Waals surface area contributed by atoms with Gasteiger partial charge in [0, 0.05) is 0 Å². The highest BCUT2D eigenvalue weighted by Crippen LogP contribution is 2.09. The van der Waals surface area contributed by atoms with Crippen LogP contribution < -0.4 is 0 Å². The Bertz CT molecular complexity index is 177. The molecule has 0 saturated carbocycles. The van der Waals surface area contributed by atoms with E-state index in [2.05, 4.69) is 10.2 Å². The lowest BCUT2D eigenvalue weighted by Gasteiger charge is -1.85. The molecule has 0 fully saturated rings. The van der Waals surface area contributed by atoms with Gasteiger partial charge in [-0.2, -0.15) is 5.10 Å². The van der Waals surface area contributed by atoms with Gasteiger partial charge in [0.1, 0.15) is 5.69 Å². The number of H-pyrrole nitrogens is 1. The van der Waals surface area contributed by atoms with Gasteiger partial charge in [-0.1, -0.05) is 0 Å². The number of aromatic amines is 1. The molecule has 5 heteroatoms. The number of hydrogen-bond acceptors (Lipinski definition) is 3. The molecular formula is C4H7ClN2O2. The summed E-state index contributed by atoms with van der Waals surface area (Å²) in [7, 11) is 0. The number of aliphatic hydroxyl groups excluding tert-OH is 1. The van der Waals surface area contributed by atoms with E-state index in [9.17, 15) is 0 Å². The van der Waals surface area contributed by atoms with Crippen LogP contribution in [0.15, 0.2) is 6.20 Å². The molecule has 0 spiro atoms. The highest BCUT2D eigenvalue weighted by atomic mass is 35.5. The number of aromatic nitrogens is 2. The topological polar surface area (TPSA) is 69.1 Å². The Hall–Kier alpha value is -0.740. The SMILES string of the molecule is Cl.OCc1[nH]ncc1O. The Morgan fingerprint density at radius 1 is 1.67 bits per heavy atom. The summed E-state index contributed by atoms with van der Waals surface area (Å²) in [6.07, 6.45) is 1.24. The van der Waals surface area contributed by atoms with Gasteiger partial charge in [0.2, 0.25) is 0 Å². The normalized spacial score (nSPS) is 8.56. The van der Waals surface area contributed by atoms with Gasteiger partial charge in [-0.15, -0.1) is 12.4 Å². The zero-order chi connectivity index (χ0) is 5.98. The molecule has 3 N–H and O–H groups in total. The molecule has 0 atom stereocenters. The smallest absolute Gasteiger partial charge is 0.158 e. The molecule has 0 amide bonds. The van der Waals surface area contributed by atoms with Crippen molar-refractivity contribution in [3.63, 3.8) is 0 Å². The van der Waals surface area contributed by atoms with Crippen LogP contribution >= 0.6 is 12.4 Å². The Morgan fingerprint density at radius 3 is 2.56 bits per heavy atom. The third-order valence-corrected chi connectivity index (χ3v) is 0.854. The maximum atomic E-state index is 8.70. The highest BCUT2D eigenvalue weighted by molar-refractivity contribution is 5.85. The van der Waals surface area contributed by atoms with Crippen LogP contribution in [0.5, 0.6) is 5.75 Å². The van der Waals surface area contributed by atoms with Gasteiger partial charge in [-0.25, -0.2) is 0 Å². The second-order valence-corrected chi connectivity index (χ2v) is 1.39. The zero-order valence-electron chi connectivity index (χ0n) is 4.53. The van der Waals surface area contributed by atoms with E-state index in [1.165, 1.54) is 6.20 Å². The summed E-state index contributed by atoms with van der Waals surface area (Å²) in [6.45, 7) is -0.203. The van der Waals surface area contributed by atoms with Gasteiger partial charge in [0.15, 0.2) is 5.75 Å². The lowest BCUT2D eigenvalue weighted by atomic mass is 10.4. The Kier molecular flexibility index (Phi) is 3.05. The van der Waals surface area contributed by atoms with Gasteiger partial charge in [0.05, 0.1) is 12.8 Å². The van der Waals surface area contributed by atoms with Crippen molar-refractivity contribution >= 4 is 12.4 Å². The minimum absolute atomic E-state index is 0. The minimum Gasteiger partial charge on any atom is -0.504 e. The maximum Gasteiger partial charge on any atom is 0.158 e. The van der Waals surface area contributed by atoms with Crippen molar-refractivity contribution in [1.29, 1.82) is 0 Å². The number of nitrogens with one attached hydrogen (secondary N) is 1. The second-order valence-electron chi connectivity index (χ2n) is 1.39. The maximum absolute atomic E-state index is 8.70. The molecule has 0 bridgehead atoms. The van der Waals surface area contributed by atoms with E-state index in [0.29, 0.717) is 5.69 Å². The van der Waals surface area contributed by atoms with Crippen LogP contribution in [0.1, 0.15) is 5.69 Å². The largest absolute Gasteiger partial charge is 0.504 e. The van der Waals surface area contributed by atoms with Crippen LogP contribution in [0.4, 0.5) is 0 Å². The molecule has 9 heavy (non-hydrogen) atoms. The Morgan fingerprint density at radius 2 is 2.33 bits per heavy atom. The average Bonchev–Trinajstić information content (AvgIpc) is 2.14. The number of nitrogens with zero attached hydrogens (tertiary/aromatic N) is 1. The molecule has 0 aliphatic carbocycles. The number of hydrogen-bond donors (Lipinski definition) is 3. The molecule has 0 aliphatic rings. The quantitative estimate of drug-likeness (QED) is 0.529. The number of rotatable bonds is 1. The lowest BCUT2D eigenvalue weighted by molar-refractivity contribution is 0.270. The monoisotopic (exact) mass is 150 g/mol. The van der Waals surface area contributed by atoms with E-state index in [-0.39, 0.29) is 24.8 Å². The molecule has 0 saturated heterocycles. The van der Waals surface area contributed by atoms with Crippen molar-refractivity contribution in [3.05, 3.63) is 11.9 Å². The van der Waals surface area contributed by atoms with Crippen molar-refractivity contribution in [2.24, 2.45) is 0 Å². The summed E-state index contributed by atoms with van der Waals surface area (Å²) in [6, 6.07) is 0. The van der Waals surface area contributed by atoms with Crippen LogP contribution in [0, 0.1) is 0 Å². The minimum atomic E-state index is -0.203. The second kappa shape index (κ2) is 3.32. The summed E-state index contributed by atoms with van der Waals surface area (Å²) in [4.78, 5) is 0. The molecule has 52 valence electrons. The summed E-state index contributed by atoms with van der Waals surface area (Å²) in [5.41, 5.74) is 0.352. The van der Waals surface area contributed by atoms with E-state index in [1.807, 2.05) is 0 Å². The highest BCUT2D eigenvalue weighted by Gasteiger charge is 1.97. The lowest BCUT2D eigenvalue weighted by Crippen LogP contribution is -1.81. The van der Waals surface area contributed by atoms with E-state index < -0.39 is 0 Å². The fourth-order valence-electron chi connectivity index (χ4n) is 0.423. The molecule has 0 aliphatic heterocycles. The number of aromatic hydroxyl groups is 1. The van der Waals surface area contributed by atoms with E-state index in [0.717, 1.165) is 0 Å². The first-order chi connectivity index (χ1) is 3.84.